The Hall–Kier alpha value is -2.07. The zero-order valence-electron chi connectivity index (χ0n) is 12.3. The Morgan fingerprint density at radius 3 is 1.85 bits per heavy atom. The van der Waals surface area contributed by atoms with Crippen molar-refractivity contribution in [2.24, 2.45) is 0 Å². The van der Waals surface area contributed by atoms with Gasteiger partial charge in [0.05, 0.1) is 6.07 Å². The minimum Gasteiger partial charge on any atom is -0.197 e. The molecule has 20 heavy (non-hydrogen) atoms. The molecule has 0 spiro atoms. The van der Waals surface area contributed by atoms with Gasteiger partial charge < -0.3 is 0 Å². The number of aryl methyl sites for hydroxylation is 2. The number of rotatable bonds is 2. The molecule has 0 saturated heterocycles. The molecule has 1 aliphatic rings. The zero-order chi connectivity index (χ0) is 14.3. The Labute approximate surface area is 120 Å². The number of nitrogens with zero attached hydrogens (tertiary/aromatic N) is 1. The normalized spacial score (nSPS) is 14.5. The summed E-state index contributed by atoms with van der Waals surface area (Å²) in [5.41, 5.74) is 6.96. The van der Waals surface area contributed by atoms with Crippen LogP contribution in [0.2, 0.25) is 0 Å². The molecule has 0 N–H and O–H groups in total. The van der Waals surface area contributed by atoms with E-state index in [1.807, 2.05) is 0 Å². The number of hydrogen-bond donors (Lipinski definition) is 0. The van der Waals surface area contributed by atoms with Crippen molar-refractivity contribution in [2.45, 2.75) is 39.0 Å². The second-order valence-corrected chi connectivity index (χ2v) is 5.76. The van der Waals surface area contributed by atoms with E-state index >= 15 is 0 Å². The summed E-state index contributed by atoms with van der Waals surface area (Å²) in [7, 11) is 0. The lowest BCUT2D eigenvalue weighted by Crippen LogP contribution is -2.24. The van der Waals surface area contributed by atoms with E-state index in [0.29, 0.717) is 0 Å². The lowest BCUT2D eigenvalue weighted by Gasteiger charge is -2.26. The molecule has 0 aliphatic heterocycles. The highest BCUT2D eigenvalue weighted by atomic mass is 14.5. The predicted octanol–water partition coefficient (Wildman–Crippen LogP) is 4.89. The molecule has 2 aromatic carbocycles. The quantitative estimate of drug-likeness (QED) is 0.754. The summed E-state index contributed by atoms with van der Waals surface area (Å²) in [5, 5.41) is 10.0. The average molecular weight is 261 g/mol. The van der Waals surface area contributed by atoms with Crippen molar-refractivity contribution in [3.63, 3.8) is 0 Å². The molecule has 0 unspecified atom stereocenters. The van der Waals surface area contributed by atoms with Crippen LogP contribution in [0, 0.1) is 25.2 Å². The van der Waals surface area contributed by atoms with Gasteiger partial charge in [-0.15, -0.1) is 0 Å². The fourth-order valence-corrected chi connectivity index (χ4v) is 3.84. The van der Waals surface area contributed by atoms with E-state index in [9.17, 15) is 5.26 Å². The van der Waals surface area contributed by atoms with Crippen LogP contribution >= 0.6 is 0 Å². The van der Waals surface area contributed by atoms with Gasteiger partial charge in [-0.2, -0.15) is 5.26 Å². The predicted molar refractivity (Wildman–Crippen MR) is 82.7 cm³/mol. The van der Waals surface area contributed by atoms with Crippen molar-refractivity contribution in [1.82, 2.24) is 0 Å². The second-order valence-electron chi connectivity index (χ2n) is 5.76. The second kappa shape index (κ2) is 4.49. The smallest absolute Gasteiger partial charge is 0.109 e. The van der Waals surface area contributed by atoms with Crippen LogP contribution in [0.4, 0.5) is 0 Å². The van der Waals surface area contributed by atoms with E-state index in [1.165, 1.54) is 33.4 Å². The van der Waals surface area contributed by atoms with Crippen LogP contribution < -0.4 is 0 Å². The van der Waals surface area contributed by atoms with E-state index in [-0.39, 0.29) is 0 Å². The Balaban J connectivity index is 2.46. The van der Waals surface area contributed by atoms with Gasteiger partial charge in [-0.05, 0) is 53.6 Å². The molecular formula is C19H19N. The fourth-order valence-electron chi connectivity index (χ4n) is 3.84. The average Bonchev–Trinajstić information content (AvgIpc) is 2.73. The molecule has 0 amide bonds. The van der Waals surface area contributed by atoms with Gasteiger partial charge in [0.1, 0.15) is 5.41 Å². The molecular weight excluding hydrogens is 242 g/mol. The standard InChI is InChI=1S/C19H19N/c1-4-11-19(12-20)17-13(2)7-5-9-15(17)16-10-6-8-14(3)18(16)19/h5-10H,4,11H2,1-3H3. The molecule has 1 nitrogen and oxygen atoms in total. The molecule has 0 heterocycles. The topological polar surface area (TPSA) is 23.8 Å². The molecule has 0 aromatic heterocycles. The van der Waals surface area contributed by atoms with E-state index in [0.717, 1.165) is 12.8 Å². The molecule has 2 aromatic rings. The van der Waals surface area contributed by atoms with E-state index in [1.54, 1.807) is 0 Å². The lowest BCUT2D eigenvalue weighted by atomic mass is 9.73. The van der Waals surface area contributed by atoms with Gasteiger partial charge in [0.25, 0.3) is 0 Å². The number of fused-ring (bicyclic) bond motifs is 3. The number of nitriles is 1. The summed E-state index contributed by atoms with van der Waals surface area (Å²) in [6, 6.07) is 15.4. The highest BCUT2D eigenvalue weighted by Crippen LogP contribution is 2.53. The summed E-state index contributed by atoms with van der Waals surface area (Å²) < 4.78 is 0. The van der Waals surface area contributed by atoms with Crippen LogP contribution in [0.25, 0.3) is 11.1 Å². The molecule has 0 saturated carbocycles. The summed E-state index contributed by atoms with van der Waals surface area (Å²) in [4.78, 5) is 0. The van der Waals surface area contributed by atoms with Crippen LogP contribution in [0.15, 0.2) is 36.4 Å². The van der Waals surface area contributed by atoms with Gasteiger partial charge in [0.15, 0.2) is 0 Å². The zero-order valence-corrected chi connectivity index (χ0v) is 12.3. The van der Waals surface area contributed by atoms with Gasteiger partial charge in [-0.25, -0.2) is 0 Å². The van der Waals surface area contributed by atoms with Crippen molar-refractivity contribution in [2.75, 3.05) is 0 Å². The SMILES string of the molecule is CCCC1(C#N)c2c(C)cccc2-c2cccc(C)c21. The Bertz CT molecular complexity index is 668. The minimum atomic E-state index is -0.462. The van der Waals surface area contributed by atoms with Crippen LogP contribution in [0.5, 0.6) is 0 Å². The molecule has 0 atom stereocenters. The Morgan fingerprint density at radius 2 is 1.45 bits per heavy atom. The van der Waals surface area contributed by atoms with Gasteiger partial charge in [0, 0.05) is 0 Å². The highest BCUT2D eigenvalue weighted by Gasteiger charge is 2.44. The maximum atomic E-state index is 10.0. The van der Waals surface area contributed by atoms with Gasteiger partial charge >= 0.3 is 0 Å². The van der Waals surface area contributed by atoms with Crippen LogP contribution in [-0.2, 0) is 5.41 Å². The fraction of sp³-hybridized carbons (Fsp3) is 0.316. The maximum Gasteiger partial charge on any atom is 0.109 e. The largest absolute Gasteiger partial charge is 0.197 e. The number of benzene rings is 2. The molecule has 100 valence electrons. The summed E-state index contributed by atoms with van der Waals surface area (Å²) in [5.74, 6) is 0. The maximum absolute atomic E-state index is 10.0. The third kappa shape index (κ3) is 1.48. The summed E-state index contributed by atoms with van der Waals surface area (Å²) in [6.45, 7) is 6.41. The number of hydrogen-bond acceptors (Lipinski definition) is 1. The van der Waals surface area contributed by atoms with Gasteiger partial charge in [-0.3, -0.25) is 0 Å². The van der Waals surface area contributed by atoms with Crippen molar-refractivity contribution < 1.29 is 0 Å². The van der Waals surface area contributed by atoms with Crippen LogP contribution in [0.3, 0.4) is 0 Å². The lowest BCUT2D eigenvalue weighted by molar-refractivity contribution is 0.589. The molecule has 0 fully saturated rings. The van der Waals surface area contributed by atoms with Crippen molar-refractivity contribution in [3.8, 4) is 17.2 Å². The van der Waals surface area contributed by atoms with E-state index in [4.69, 9.17) is 0 Å². The van der Waals surface area contributed by atoms with Crippen molar-refractivity contribution in [1.29, 1.82) is 5.26 Å². The van der Waals surface area contributed by atoms with E-state index < -0.39 is 5.41 Å². The molecule has 1 aliphatic carbocycles. The first-order valence-electron chi connectivity index (χ1n) is 7.27. The first kappa shape index (κ1) is 12.9. The van der Waals surface area contributed by atoms with E-state index in [2.05, 4.69) is 63.2 Å². The van der Waals surface area contributed by atoms with Crippen molar-refractivity contribution >= 4 is 0 Å². The Morgan fingerprint density at radius 1 is 0.950 bits per heavy atom. The molecule has 3 rings (SSSR count). The highest BCUT2D eigenvalue weighted by molar-refractivity contribution is 5.85. The van der Waals surface area contributed by atoms with Crippen molar-refractivity contribution in [3.05, 3.63) is 58.7 Å². The first-order valence-corrected chi connectivity index (χ1v) is 7.27. The summed E-state index contributed by atoms with van der Waals surface area (Å²) >= 11 is 0. The van der Waals surface area contributed by atoms with Gasteiger partial charge in [-0.1, -0.05) is 49.7 Å². The van der Waals surface area contributed by atoms with Crippen LogP contribution in [-0.4, -0.2) is 0 Å². The molecule has 1 heteroatoms. The molecule has 0 radical (unpaired) electrons. The van der Waals surface area contributed by atoms with Crippen LogP contribution in [0.1, 0.15) is 42.0 Å². The van der Waals surface area contributed by atoms with Gasteiger partial charge in [0.2, 0.25) is 0 Å². The monoisotopic (exact) mass is 261 g/mol. The minimum absolute atomic E-state index is 0.462. The Kier molecular flexibility index (Phi) is 2.91. The summed E-state index contributed by atoms with van der Waals surface area (Å²) in [6.07, 6.45) is 1.90. The third-order valence-electron chi connectivity index (χ3n) is 4.51. The third-order valence-corrected chi connectivity index (χ3v) is 4.51. The first-order chi connectivity index (χ1) is 9.65. The molecule has 0 bridgehead atoms.